The summed E-state index contributed by atoms with van der Waals surface area (Å²) in [5.41, 5.74) is 0.0591. The van der Waals surface area contributed by atoms with Crippen molar-refractivity contribution in [2.24, 2.45) is 0 Å². The van der Waals surface area contributed by atoms with Gasteiger partial charge in [0, 0.05) is 12.5 Å². The van der Waals surface area contributed by atoms with E-state index in [2.05, 4.69) is 22.4 Å². The number of aromatic nitrogens is 4. The molecular weight excluding hydrogens is 286 g/mol. The number of hydrogen-bond donors (Lipinski definition) is 1. The van der Waals surface area contributed by atoms with Crippen molar-refractivity contribution in [3.8, 4) is 0 Å². The number of ether oxygens (including phenoxy) is 1. The maximum absolute atomic E-state index is 5.48. The third kappa shape index (κ3) is 2.18. The van der Waals surface area contributed by atoms with Gasteiger partial charge in [0.25, 0.3) is 0 Å². The topological polar surface area (TPSA) is 64.3 Å². The molecule has 21 heavy (non-hydrogen) atoms. The Bertz CT molecular complexity index is 624. The second-order valence-corrected chi connectivity index (χ2v) is 7.04. The van der Waals surface area contributed by atoms with Gasteiger partial charge in [-0.3, -0.25) is 0 Å². The molecule has 0 bridgehead atoms. The molecule has 0 spiro atoms. The van der Waals surface area contributed by atoms with Gasteiger partial charge in [0.15, 0.2) is 5.82 Å². The van der Waals surface area contributed by atoms with E-state index in [-0.39, 0.29) is 5.54 Å². The number of hydrogen-bond acceptors (Lipinski definition) is 6. The SMILES string of the molecule is CCCC1(c2nn3c(C4CCOC4)nnc3s2)CCCN1. The van der Waals surface area contributed by atoms with Crippen LogP contribution in [0.2, 0.25) is 0 Å². The van der Waals surface area contributed by atoms with E-state index in [9.17, 15) is 0 Å². The Morgan fingerprint density at radius 3 is 3.14 bits per heavy atom. The van der Waals surface area contributed by atoms with E-state index in [4.69, 9.17) is 9.84 Å². The van der Waals surface area contributed by atoms with E-state index in [1.807, 2.05) is 4.52 Å². The first-order valence-electron chi connectivity index (χ1n) is 7.88. The predicted octanol–water partition coefficient (Wildman–Crippen LogP) is 2.07. The first kappa shape index (κ1) is 13.6. The largest absolute Gasteiger partial charge is 0.381 e. The summed E-state index contributed by atoms with van der Waals surface area (Å²) in [6.07, 6.45) is 5.72. The fourth-order valence-corrected chi connectivity index (χ4v) is 4.62. The van der Waals surface area contributed by atoms with Crippen LogP contribution >= 0.6 is 11.3 Å². The molecule has 7 heteroatoms. The Kier molecular flexibility index (Phi) is 3.43. The second-order valence-electron chi connectivity index (χ2n) is 6.08. The van der Waals surface area contributed by atoms with Gasteiger partial charge in [0.2, 0.25) is 4.96 Å². The summed E-state index contributed by atoms with van der Waals surface area (Å²) in [6, 6.07) is 0. The van der Waals surface area contributed by atoms with E-state index >= 15 is 0 Å². The van der Waals surface area contributed by atoms with Gasteiger partial charge in [-0.05, 0) is 32.2 Å². The summed E-state index contributed by atoms with van der Waals surface area (Å²) in [4.78, 5) is 0.913. The zero-order valence-corrected chi connectivity index (χ0v) is 13.2. The van der Waals surface area contributed by atoms with Crippen LogP contribution in [0.15, 0.2) is 0 Å². The average molecular weight is 307 g/mol. The number of fused-ring (bicyclic) bond motifs is 1. The molecule has 2 aliphatic heterocycles. The Labute approximate surface area is 127 Å². The zero-order valence-electron chi connectivity index (χ0n) is 12.3. The third-order valence-electron chi connectivity index (χ3n) is 4.64. The summed E-state index contributed by atoms with van der Waals surface area (Å²) in [5.74, 6) is 1.31. The number of nitrogens with one attached hydrogen (secondary N) is 1. The third-order valence-corrected chi connectivity index (χ3v) is 5.74. The molecular formula is C14H21N5OS. The molecule has 0 saturated carbocycles. The smallest absolute Gasteiger partial charge is 0.234 e. The van der Waals surface area contributed by atoms with Crippen LogP contribution < -0.4 is 5.32 Å². The fourth-order valence-electron chi connectivity index (χ4n) is 3.55. The van der Waals surface area contributed by atoms with Crippen molar-refractivity contribution in [1.82, 2.24) is 25.1 Å². The molecule has 114 valence electrons. The van der Waals surface area contributed by atoms with Gasteiger partial charge in [0.05, 0.1) is 12.1 Å². The number of nitrogens with zero attached hydrogens (tertiary/aromatic N) is 4. The lowest BCUT2D eigenvalue weighted by Gasteiger charge is -2.26. The zero-order chi connectivity index (χ0) is 14.3. The monoisotopic (exact) mass is 307 g/mol. The summed E-state index contributed by atoms with van der Waals surface area (Å²) >= 11 is 1.69. The van der Waals surface area contributed by atoms with E-state index in [0.717, 1.165) is 49.8 Å². The first-order chi connectivity index (χ1) is 10.3. The van der Waals surface area contributed by atoms with Crippen molar-refractivity contribution in [1.29, 1.82) is 0 Å². The lowest BCUT2D eigenvalue weighted by Crippen LogP contribution is -2.36. The number of rotatable bonds is 4. The van der Waals surface area contributed by atoms with E-state index in [1.54, 1.807) is 11.3 Å². The molecule has 2 saturated heterocycles. The summed E-state index contributed by atoms with van der Waals surface area (Å²) in [7, 11) is 0. The van der Waals surface area contributed by atoms with Crippen molar-refractivity contribution in [3.05, 3.63) is 10.8 Å². The normalized spacial score (nSPS) is 29.7. The highest BCUT2D eigenvalue weighted by molar-refractivity contribution is 7.16. The summed E-state index contributed by atoms with van der Waals surface area (Å²) in [5, 5.41) is 18.4. The highest BCUT2D eigenvalue weighted by Crippen LogP contribution is 2.38. The minimum atomic E-state index is 0.0591. The molecule has 2 aromatic rings. The van der Waals surface area contributed by atoms with Crippen molar-refractivity contribution >= 4 is 16.3 Å². The summed E-state index contributed by atoms with van der Waals surface area (Å²) < 4.78 is 7.43. The minimum Gasteiger partial charge on any atom is -0.381 e. The first-order valence-corrected chi connectivity index (χ1v) is 8.69. The van der Waals surface area contributed by atoms with Crippen LogP contribution in [0.3, 0.4) is 0 Å². The Morgan fingerprint density at radius 2 is 2.43 bits per heavy atom. The van der Waals surface area contributed by atoms with Crippen LogP contribution in [0.4, 0.5) is 0 Å². The lowest BCUT2D eigenvalue weighted by molar-refractivity contribution is 0.193. The van der Waals surface area contributed by atoms with Crippen molar-refractivity contribution in [3.63, 3.8) is 0 Å². The highest BCUT2D eigenvalue weighted by Gasteiger charge is 2.38. The molecule has 2 aromatic heterocycles. The second kappa shape index (κ2) is 5.30. The molecule has 1 N–H and O–H groups in total. The van der Waals surface area contributed by atoms with Crippen molar-refractivity contribution < 1.29 is 4.74 Å². The van der Waals surface area contributed by atoms with Gasteiger partial charge < -0.3 is 10.1 Å². The van der Waals surface area contributed by atoms with Gasteiger partial charge in [-0.1, -0.05) is 24.7 Å². The molecule has 0 radical (unpaired) electrons. The maximum atomic E-state index is 5.48. The van der Waals surface area contributed by atoms with E-state index in [1.165, 1.54) is 17.8 Å². The lowest BCUT2D eigenvalue weighted by atomic mass is 9.93. The highest BCUT2D eigenvalue weighted by atomic mass is 32.1. The van der Waals surface area contributed by atoms with Crippen molar-refractivity contribution in [2.75, 3.05) is 19.8 Å². The van der Waals surface area contributed by atoms with Crippen LogP contribution in [0.5, 0.6) is 0 Å². The minimum absolute atomic E-state index is 0.0591. The molecule has 0 aromatic carbocycles. The maximum Gasteiger partial charge on any atom is 0.234 e. The Hall–Kier alpha value is -1.05. The van der Waals surface area contributed by atoms with E-state index in [0.29, 0.717) is 5.92 Å². The van der Waals surface area contributed by atoms with Crippen LogP contribution in [0, 0.1) is 0 Å². The molecule has 0 amide bonds. The molecule has 6 nitrogen and oxygen atoms in total. The predicted molar refractivity (Wildman–Crippen MR) is 80.7 cm³/mol. The molecule has 2 aliphatic rings. The van der Waals surface area contributed by atoms with Crippen LogP contribution in [-0.2, 0) is 10.3 Å². The quantitative estimate of drug-likeness (QED) is 0.937. The molecule has 2 unspecified atom stereocenters. The van der Waals surface area contributed by atoms with E-state index < -0.39 is 0 Å². The molecule has 4 rings (SSSR count). The van der Waals surface area contributed by atoms with Gasteiger partial charge in [-0.25, -0.2) is 0 Å². The molecule has 4 heterocycles. The van der Waals surface area contributed by atoms with Gasteiger partial charge in [-0.15, -0.1) is 10.2 Å². The van der Waals surface area contributed by atoms with Gasteiger partial charge in [0.1, 0.15) is 5.01 Å². The standard InChI is InChI=1S/C14H21N5OS/c1-2-5-14(6-3-7-15-14)12-18-19-11(10-4-8-20-9-10)16-17-13(19)21-12/h10,15H,2-9H2,1H3. The fraction of sp³-hybridized carbons (Fsp3) is 0.786. The average Bonchev–Trinajstić information content (AvgIpc) is 3.23. The molecule has 0 aliphatic carbocycles. The summed E-state index contributed by atoms with van der Waals surface area (Å²) in [6.45, 7) is 4.89. The molecule has 2 fully saturated rings. The van der Waals surface area contributed by atoms with Crippen LogP contribution in [0.1, 0.15) is 55.8 Å². The Morgan fingerprint density at radius 1 is 1.48 bits per heavy atom. The van der Waals surface area contributed by atoms with Gasteiger partial charge in [-0.2, -0.15) is 9.61 Å². The van der Waals surface area contributed by atoms with Gasteiger partial charge >= 0.3 is 0 Å². The van der Waals surface area contributed by atoms with Crippen LogP contribution in [0.25, 0.3) is 4.96 Å². The van der Waals surface area contributed by atoms with Crippen LogP contribution in [-0.4, -0.2) is 39.6 Å². The van der Waals surface area contributed by atoms with Crippen molar-refractivity contribution in [2.45, 2.75) is 50.5 Å². The Balaban J connectivity index is 1.73. The molecule has 2 atom stereocenters.